The van der Waals surface area contributed by atoms with Gasteiger partial charge < -0.3 is 10.6 Å². The van der Waals surface area contributed by atoms with E-state index in [1.165, 1.54) is 5.56 Å². The summed E-state index contributed by atoms with van der Waals surface area (Å²) in [6, 6.07) is 3.91. The van der Waals surface area contributed by atoms with Crippen LogP contribution in [0, 0.1) is 0 Å². The van der Waals surface area contributed by atoms with E-state index in [-0.39, 0.29) is 6.03 Å². The van der Waals surface area contributed by atoms with Gasteiger partial charge in [-0.2, -0.15) is 0 Å². The van der Waals surface area contributed by atoms with E-state index in [0.29, 0.717) is 13.1 Å². The maximum atomic E-state index is 11.4. The lowest BCUT2D eigenvalue weighted by Crippen LogP contribution is -2.28. The Labute approximate surface area is 87.5 Å². The Morgan fingerprint density at radius 3 is 3.07 bits per heavy atom. The number of hydrogen-bond donors (Lipinski definition) is 2. The number of anilines is 1. The Bertz CT molecular complexity index is 418. The fourth-order valence-corrected chi connectivity index (χ4v) is 1.99. The SMILES string of the molecule is O=C1NCCN1c1ccc2c(n1)CNC2. The molecule has 5 nitrogen and oxygen atoms in total. The molecular weight excluding hydrogens is 192 g/mol. The zero-order valence-electron chi connectivity index (χ0n) is 8.29. The first-order valence-corrected chi connectivity index (χ1v) is 5.09. The number of carbonyl (C=O) groups is 1. The van der Waals surface area contributed by atoms with Crippen molar-refractivity contribution in [3.8, 4) is 0 Å². The van der Waals surface area contributed by atoms with Crippen molar-refractivity contribution in [3.05, 3.63) is 23.4 Å². The molecule has 2 N–H and O–H groups in total. The van der Waals surface area contributed by atoms with Crippen LogP contribution in [0.5, 0.6) is 0 Å². The summed E-state index contributed by atoms with van der Waals surface area (Å²) < 4.78 is 0. The zero-order chi connectivity index (χ0) is 10.3. The van der Waals surface area contributed by atoms with Crippen LogP contribution < -0.4 is 15.5 Å². The molecule has 0 bridgehead atoms. The lowest BCUT2D eigenvalue weighted by atomic mass is 10.2. The molecule has 15 heavy (non-hydrogen) atoms. The van der Waals surface area contributed by atoms with E-state index in [1.807, 2.05) is 12.1 Å². The van der Waals surface area contributed by atoms with Crippen LogP contribution in [0.2, 0.25) is 0 Å². The number of nitrogens with one attached hydrogen (secondary N) is 2. The van der Waals surface area contributed by atoms with E-state index in [0.717, 1.165) is 24.6 Å². The summed E-state index contributed by atoms with van der Waals surface area (Å²) in [4.78, 5) is 17.6. The average molecular weight is 204 g/mol. The lowest BCUT2D eigenvalue weighted by molar-refractivity contribution is 0.252. The Hall–Kier alpha value is -1.62. The third-order valence-electron chi connectivity index (χ3n) is 2.79. The predicted molar refractivity (Wildman–Crippen MR) is 55.5 cm³/mol. The first kappa shape index (κ1) is 8.67. The highest BCUT2D eigenvalue weighted by Gasteiger charge is 2.23. The minimum absolute atomic E-state index is 0.0478. The molecule has 0 unspecified atom stereocenters. The summed E-state index contributed by atoms with van der Waals surface area (Å²) in [6.45, 7) is 3.10. The minimum atomic E-state index is -0.0478. The van der Waals surface area contributed by atoms with E-state index in [2.05, 4.69) is 15.6 Å². The highest BCUT2D eigenvalue weighted by Crippen LogP contribution is 2.19. The van der Waals surface area contributed by atoms with Gasteiger partial charge in [0.2, 0.25) is 0 Å². The van der Waals surface area contributed by atoms with E-state index in [1.54, 1.807) is 4.90 Å². The van der Waals surface area contributed by atoms with Gasteiger partial charge in [0.15, 0.2) is 0 Å². The Kier molecular flexibility index (Phi) is 1.85. The van der Waals surface area contributed by atoms with Crippen LogP contribution in [0.1, 0.15) is 11.3 Å². The fourth-order valence-electron chi connectivity index (χ4n) is 1.99. The molecule has 3 heterocycles. The standard InChI is InChI=1S/C10H12N4O/c15-10-12-3-4-14(10)9-2-1-7-5-11-6-8(7)13-9/h1-2,11H,3-6H2,(H,12,15). The first-order chi connectivity index (χ1) is 7.34. The van der Waals surface area contributed by atoms with Crippen LogP contribution in [-0.4, -0.2) is 24.1 Å². The largest absolute Gasteiger partial charge is 0.336 e. The molecule has 1 aromatic rings. The second-order valence-electron chi connectivity index (χ2n) is 3.76. The molecule has 1 fully saturated rings. The summed E-state index contributed by atoms with van der Waals surface area (Å²) in [6.07, 6.45) is 0. The number of carbonyl (C=O) groups excluding carboxylic acids is 1. The topological polar surface area (TPSA) is 57.3 Å². The molecule has 2 aliphatic heterocycles. The second kappa shape index (κ2) is 3.20. The number of urea groups is 1. The summed E-state index contributed by atoms with van der Waals surface area (Å²) >= 11 is 0. The number of aromatic nitrogens is 1. The van der Waals surface area contributed by atoms with Gasteiger partial charge in [0.1, 0.15) is 5.82 Å². The van der Waals surface area contributed by atoms with E-state index < -0.39 is 0 Å². The number of pyridine rings is 1. The summed E-state index contributed by atoms with van der Waals surface area (Å²) in [5.41, 5.74) is 2.30. The number of fused-ring (bicyclic) bond motifs is 1. The molecule has 0 aliphatic carbocycles. The molecule has 3 rings (SSSR count). The summed E-state index contributed by atoms with van der Waals surface area (Å²) in [7, 11) is 0. The highest BCUT2D eigenvalue weighted by molar-refractivity contribution is 5.93. The molecule has 0 radical (unpaired) electrons. The fraction of sp³-hybridized carbons (Fsp3) is 0.400. The monoisotopic (exact) mass is 204 g/mol. The molecule has 0 saturated carbocycles. The van der Waals surface area contributed by atoms with Crippen LogP contribution in [0.3, 0.4) is 0 Å². The number of rotatable bonds is 1. The van der Waals surface area contributed by atoms with Gasteiger partial charge in [0.05, 0.1) is 5.69 Å². The average Bonchev–Trinajstić information content (AvgIpc) is 2.84. The van der Waals surface area contributed by atoms with Crippen molar-refractivity contribution in [3.63, 3.8) is 0 Å². The van der Waals surface area contributed by atoms with Gasteiger partial charge in [-0.3, -0.25) is 4.90 Å². The number of hydrogen-bond acceptors (Lipinski definition) is 3. The first-order valence-electron chi connectivity index (χ1n) is 5.09. The molecule has 0 aromatic carbocycles. The van der Waals surface area contributed by atoms with Crippen molar-refractivity contribution in [1.29, 1.82) is 0 Å². The Balaban J connectivity index is 1.95. The molecule has 1 saturated heterocycles. The van der Waals surface area contributed by atoms with Gasteiger partial charge in [-0.05, 0) is 11.6 Å². The van der Waals surface area contributed by atoms with Crippen molar-refractivity contribution >= 4 is 11.8 Å². The molecule has 1 aromatic heterocycles. The number of nitrogens with zero attached hydrogens (tertiary/aromatic N) is 2. The molecule has 0 atom stereocenters. The minimum Gasteiger partial charge on any atom is -0.336 e. The van der Waals surface area contributed by atoms with Crippen LogP contribution >= 0.6 is 0 Å². The second-order valence-corrected chi connectivity index (χ2v) is 3.76. The van der Waals surface area contributed by atoms with Gasteiger partial charge in [0, 0.05) is 26.2 Å². The van der Waals surface area contributed by atoms with Gasteiger partial charge in [-0.25, -0.2) is 9.78 Å². The summed E-state index contributed by atoms with van der Waals surface area (Å²) in [5, 5.41) is 6.00. The normalized spacial score (nSPS) is 19.2. The zero-order valence-corrected chi connectivity index (χ0v) is 8.29. The molecule has 2 amide bonds. The molecule has 2 aliphatic rings. The van der Waals surface area contributed by atoms with Crippen molar-refractivity contribution in [2.45, 2.75) is 13.1 Å². The maximum Gasteiger partial charge on any atom is 0.323 e. The lowest BCUT2D eigenvalue weighted by Gasteiger charge is -2.13. The van der Waals surface area contributed by atoms with Gasteiger partial charge in [-0.1, -0.05) is 6.07 Å². The summed E-state index contributed by atoms with van der Waals surface area (Å²) in [5.74, 6) is 0.757. The van der Waals surface area contributed by atoms with Gasteiger partial charge >= 0.3 is 6.03 Å². The van der Waals surface area contributed by atoms with E-state index >= 15 is 0 Å². The molecule has 0 spiro atoms. The van der Waals surface area contributed by atoms with Crippen molar-refractivity contribution in [2.75, 3.05) is 18.0 Å². The highest BCUT2D eigenvalue weighted by atomic mass is 16.2. The number of amides is 2. The molecule has 5 heteroatoms. The smallest absolute Gasteiger partial charge is 0.323 e. The van der Waals surface area contributed by atoms with Gasteiger partial charge in [-0.15, -0.1) is 0 Å². The van der Waals surface area contributed by atoms with Crippen LogP contribution in [-0.2, 0) is 13.1 Å². The van der Waals surface area contributed by atoms with Crippen LogP contribution in [0.15, 0.2) is 12.1 Å². The van der Waals surface area contributed by atoms with E-state index in [9.17, 15) is 4.79 Å². The molecular formula is C10H12N4O. The third-order valence-corrected chi connectivity index (χ3v) is 2.79. The van der Waals surface area contributed by atoms with Crippen molar-refractivity contribution in [1.82, 2.24) is 15.6 Å². The van der Waals surface area contributed by atoms with Crippen LogP contribution in [0.25, 0.3) is 0 Å². The predicted octanol–water partition coefficient (Wildman–Crippen LogP) is 0.214. The van der Waals surface area contributed by atoms with Gasteiger partial charge in [0.25, 0.3) is 0 Å². The van der Waals surface area contributed by atoms with Crippen molar-refractivity contribution in [2.24, 2.45) is 0 Å². The quantitative estimate of drug-likeness (QED) is 0.687. The van der Waals surface area contributed by atoms with Crippen molar-refractivity contribution < 1.29 is 4.79 Å². The third kappa shape index (κ3) is 1.35. The van der Waals surface area contributed by atoms with E-state index in [4.69, 9.17) is 0 Å². The Morgan fingerprint density at radius 2 is 2.27 bits per heavy atom. The van der Waals surface area contributed by atoms with Crippen LogP contribution in [0.4, 0.5) is 10.6 Å². The Morgan fingerprint density at radius 1 is 1.33 bits per heavy atom. The maximum absolute atomic E-state index is 11.4. The molecule has 78 valence electrons.